The van der Waals surface area contributed by atoms with Gasteiger partial charge in [0.1, 0.15) is 5.82 Å². The van der Waals surface area contributed by atoms with Gasteiger partial charge in [-0.2, -0.15) is 0 Å². The lowest BCUT2D eigenvalue weighted by Gasteiger charge is -2.32. The molecule has 1 N–H and O–H groups in total. The summed E-state index contributed by atoms with van der Waals surface area (Å²) in [6, 6.07) is 9.91. The first kappa shape index (κ1) is 22.1. The zero-order valence-corrected chi connectivity index (χ0v) is 18.9. The van der Waals surface area contributed by atoms with Crippen LogP contribution in [0.25, 0.3) is 10.9 Å². The Morgan fingerprint density at radius 3 is 2.80 bits per heavy atom. The first-order chi connectivity index (χ1) is 14.4. The van der Waals surface area contributed by atoms with Crippen molar-refractivity contribution >= 4 is 22.6 Å². The lowest BCUT2D eigenvalue weighted by Crippen LogP contribution is -2.35. The Labute approximate surface area is 181 Å². The molecular weight excluding hydrogens is 370 g/mol. The van der Waals surface area contributed by atoms with Crippen LogP contribution in [0, 0.1) is 5.92 Å². The molecule has 3 rings (SSSR count). The quantitative estimate of drug-likeness (QED) is 0.584. The molecule has 1 saturated heterocycles. The number of carbonyl (C=O) groups excluding carboxylic acids is 1. The van der Waals surface area contributed by atoms with Crippen LogP contribution in [0.3, 0.4) is 0 Å². The second kappa shape index (κ2) is 10.4. The second-order valence-electron chi connectivity index (χ2n) is 8.82. The number of hydrogen-bond donors (Lipinski definition) is 1. The predicted molar refractivity (Wildman–Crippen MR) is 127 cm³/mol. The molecule has 1 atom stereocenters. The molecule has 30 heavy (non-hydrogen) atoms. The van der Waals surface area contributed by atoms with Gasteiger partial charge in [-0.3, -0.25) is 4.79 Å². The molecule has 2 heterocycles. The summed E-state index contributed by atoms with van der Waals surface area (Å²) in [5, 5.41) is 3.99. The number of anilines is 1. The van der Waals surface area contributed by atoms with Crippen LogP contribution < -0.4 is 10.2 Å². The van der Waals surface area contributed by atoms with Crippen molar-refractivity contribution in [3.05, 3.63) is 59.2 Å². The fraction of sp³-hybridized carbons (Fsp3) is 0.462. The Balaban J connectivity index is 1.75. The Morgan fingerprint density at radius 2 is 2.03 bits per heavy atom. The monoisotopic (exact) mass is 405 g/mol. The highest BCUT2D eigenvalue weighted by molar-refractivity contribution is 6.07. The summed E-state index contributed by atoms with van der Waals surface area (Å²) in [5.74, 6) is 1.54. The summed E-state index contributed by atoms with van der Waals surface area (Å²) in [6.45, 7) is 11.2. The normalized spacial score (nSPS) is 17.1. The average molecular weight is 406 g/mol. The van der Waals surface area contributed by atoms with Gasteiger partial charge in [0.25, 0.3) is 5.91 Å². The molecule has 0 saturated carbocycles. The Kier molecular flexibility index (Phi) is 7.67. The van der Waals surface area contributed by atoms with Crippen molar-refractivity contribution in [1.82, 2.24) is 10.3 Å². The minimum Gasteiger partial charge on any atom is -0.356 e. The van der Waals surface area contributed by atoms with Crippen molar-refractivity contribution in [3.8, 4) is 0 Å². The van der Waals surface area contributed by atoms with Crippen LogP contribution in [0.2, 0.25) is 0 Å². The molecule has 1 aromatic heterocycles. The molecule has 1 aliphatic heterocycles. The number of amides is 1. The van der Waals surface area contributed by atoms with E-state index in [9.17, 15) is 4.79 Å². The number of nitrogens with zero attached hydrogens (tertiary/aromatic N) is 2. The number of pyridine rings is 1. The number of rotatable bonds is 7. The number of hydrogen-bond acceptors (Lipinski definition) is 3. The third kappa shape index (κ3) is 5.94. The maximum atomic E-state index is 13.0. The van der Waals surface area contributed by atoms with Crippen LogP contribution in [-0.2, 0) is 0 Å². The van der Waals surface area contributed by atoms with Crippen molar-refractivity contribution < 1.29 is 4.79 Å². The molecule has 0 unspecified atom stereocenters. The number of allylic oxidation sites excluding steroid dienone is 3. The third-order valence-corrected chi connectivity index (χ3v) is 5.73. The fourth-order valence-corrected chi connectivity index (χ4v) is 4.01. The lowest BCUT2D eigenvalue weighted by atomic mass is 10.00. The number of piperidine rings is 1. The number of para-hydroxylation sites is 1. The molecule has 0 bridgehead atoms. The minimum atomic E-state index is -0.0340. The van der Waals surface area contributed by atoms with E-state index in [0.29, 0.717) is 18.0 Å². The maximum Gasteiger partial charge on any atom is 0.252 e. The van der Waals surface area contributed by atoms with Crippen LogP contribution >= 0.6 is 0 Å². The van der Waals surface area contributed by atoms with Gasteiger partial charge in [0, 0.05) is 25.0 Å². The smallest absolute Gasteiger partial charge is 0.252 e. The van der Waals surface area contributed by atoms with E-state index >= 15 is 0 Å². The van der Waals surface area contributed by atoms with Crippen LogP contribution in [0.5, 0.6) is 0 Å². The molecule has 0 radical (unpaired) electrons. The van der Waals surface area contributed by atoms with Gasteiger partial charge in [-0.1, -0.05) is 48.4 Å². The first-order valence-corrected chi connectivity index (χ1v) is 11.2. The van der Waals surface area contributed by atoms with Gasteiger partial charge < -0.3 is 10.2 Å². The van der Waals surface area contributed by atoms with Gasteiger partial charge in [-0.05, 0) is 64.5 Å². The summed E-state index contributed by atoms with van der Waals surface area (Å²) in [4.78, 5) is 20.2. The largest absolute Gasteiger partial charge is 0.356 e. The summed E-state index contributed by atoms with van der Waals surface area (Å²) in [7, 11) is 0. The summed E-state index contributed by atoms with van der Waals surface area (Å²) in [6.07, 6.45) is 8.88. The topological polar surface area (TPSA) is 45.2 Å². The van der Waals surface area contributed by atoms with E-state index in [0.717, 1.165) is 42.7 Å². The third-order valence-electron chi connectivity index (χ3n) is 5.73. The number of benzene rings is 1. The standard InChI is InChI=1S/C26H35N3O/c1-19(2)9-7-10-20(3)14-15-27-26(30)23-17-25(29-16-8-11-21(4)18-29)28-24-13-6-5-12-22(23)24/h5-6,9,12-14,17,21H,7-8,10-11,15-16,18H2,1-4H3,(H,27,30)/b20-14+/t21-/m1/s1. The van der Waals surface area contributed by atoms with Crippen LogP contribution in [0.1, 0.15) is 63.7 Å². The van der Waals surface area contributed by atoms with Crippen molar-refractivity contribution in [2.24, 2.45) is 5.92 Å². The van der Waals surface area contributed by atoms with E-state index in [-0.39, 0.29) is 5.91 Å². The molecule has 1 fully saturated rings. The van der Waals surface area contributed by atoms with Crippen molar-refractivity contribution in [1.29, 1.82) is 0 Å². The van der Waals surface area contributed by atoms with E-state index < -0.39 is 0 Å². The number of carbonyl (C=O) groups is 1. The molecule has 160 valence electrons. The van der Waals surface area contributed by atoms with Gasteiger partial charge in [0.05, 0.1) is 11.1 Å². The molecule has 0 spiro atoms. The summed E-state index contributed by atoms with van der Waals surface area (Å²) < 4.78 is 0. The van der Waals surface area contributed by atoms with Gasteiger partial charge >= 0.3 is 0 Å². The molecule has 1 aliphatic rings. The first-order valence-electron chi connectivity index (χ1n) is 11.2. The SMILES string of the molecule is CC(C)=CCC/C(C)=C/CNC(=O)c1cc(N2CCC[C@@H](C)C2)nc2ccccc12. The maximum absolute atomic E-state index is 13.0. The summed E-state index contributed by atoms with van der Waals surface area (Å²) >= 11 is 0. The number of aromatic nitrogens is 1. The zero-order valence-electron chi connectivity index (χ0n) is 18.9. The Morgan fingerprint density at radius 1 is 1.23 bits per heavy atom. The number of nitrogens with one attached hydrogen (secondary N) is 1. The van der Waals surface area contributed by atoms with Crippen molar-refractivity contribution in [2.75, 3.05) is 24.5 Å². The molecule has 0 aliphatic carbocycles. The van der Waals surface area contributed by atoms with Gasteiger partial charge in [-0.25, -0.2) is 4.98 Å². The highest BCUT2D eigenvalue weighted by atomic mass is 16.1. The zero-order chi connectivity index (χ0) is 21.5. The van der Waals surface area contributed by atoms with Gasteiger partial charge in [0.15, 0.2) is 0 Å². The fourth-order valence-electron chi connectivity index (χ4n) is 4.01. The lowest BCUT2D eigenvalue weighted by molar-refractivity contribution is 0.0959. The van der Waals surface area contributed by atoms with E-state index in [4.69, 9.17) is 4.98 Å². The molecule has 4 heteroatoms. The van der Waals surface area contributed by atoms with E-state index in [1.165, 1.54) is 24.0 Å². The van der Waals surface area contributed by atoms with E-state index in [2.05, 4.69) is 50.1 Å². The predicted octanol–water partition coefficient (Wildman–Crippen LogP) is 5.89. The highest BCUT2D eigenvalue weighted by Crippen LogP contribution is 2.26. The van der Waals surface area contributed by atoms with Crippen LogP contribution in [0.15, 0.2) is 53.6 Å². The highest BCUT2D eigenvalue weighted by Gasteiger charge is 2.20. The average Bonchev–Trinajstić information content (AvgIpc) is 2.72. The minimum absolute atomic E-state index is 0.0340. The van der Waals surface area contributed by atoms with Gasteiger partial charge in [0.2, 0.25) is 0 Å². The molecule has 1 aromatic carbocycles. The Bertz CT molecular complexity index is 940. The molecule has 2 aromatic rings. The van der Waals surface area contributed by atoms with Gasteiger partial charge in [-0.15, -0.1) is 0 Å². The second-order valence-corrected chi connectivity index (χ2v) is 8.82. The summed E-state index contributed by atoms with van der Waals surface area (Å²) in [5.41, 5.74) is 4.24. The van der Waals surface area contributed by atoms with Crippen LogP contribution in [0.4, 0.5) is 5.82 Å². The van der Waals surface area contributed by atoms with Crippen LogP contribution in [-0.4, -0.2) is 30.5 Å². The number of fused-ring (bicyclic) bond motifs is 1. The Hall–Kier alpha value is -2.62. The molecule has 1 amide bonds. The molecule has 4 nitrogen and oxygen atoms in total. The van der Waals surface area contributed by atoms with E-state index in [1.54, 1.807) is 0 Å². The van der Waals surface area contributed by atoms with Crippen molar-refractivity contribution in [3.63, 3.8) is 0 Å². The molecular formula is C26H35N3O. The van der Waals surface area contributed by atoms with E-state index in [1.807, 2.05) is 30.3 Å². The van der Waals surface area contributed by atoms with Crippen molar-refractivity contribution in [2.45, 2.75) is 53.4 Å².